The van der Waals surface area contributed by atoms with Crippen molar-refractivity contribution in [2.45, 2.75) is 121 Å². The first kappa shape index (κ1) is 48.9. The summed E-state index contributed by atoms with van der Waals surface area (Å²) in [6, 6.07) is 12.1. The van der Waals surface area contributed by atoms with E-state index in [0.717, 1.165) is 82.0 Å². The van der Waals surface area contributed by atoms with Gasteiger partial charge in [0.15, 0.2) is 5.82 Å². The lowest BCUT2D eigenvalue weighted by molar-refractivity contribution is -0.136. The third-order valence-corrected chi connectivity index (χ3v) is 18.0. The molecule has 0 radical (unpaired) electrons. The predicted molar refractivity (Wildman–Crippen MR) is 279 cm³/mol. The molecule has 74 heavy (non-hydrogen) atoms. The first-order valence-electron chi connectivity index (χ1n) is 26.9. The van der Waals surface area contributed by atoms with Crippen molar-refractivity contribution in [1.82, 2.24) is 30.1 Å². The van der Waals surface area contributed by atoms with Crippen LogP contribution in [0.25, 0.3) is 32.9 Å². The minimum atomic E-state index is -0.966. The number of piperazine rings is 1. The Balaban J connectivity index is 0.683. The Morgan fingerprint density at radius 1 is 0.878 bits per heavy atom. The Kier molecular flexibility index (Phi) is 11.9. The zero-order chi connectivity index (χ0) is 51.5. The van der Waals surface area contributed by atoms with Gasteiger partial charge in [0.25, 0.3) is 0 Å². The maximum atomic E-state index is 17.2. The highest BCUT2D eigenvalue weighted by Crippen LogP contribution is 2.53. The number of ether oxygens (including phenoxy) is 1. The SMILES string of the molecule is CCc1c(F)ccc2cc(O)cc(-c3ncc4c(N5CCC[C@@](C)(O)C5)nc(OCC5(CN6CCC7(CC6)CC(N6CCN(c8ccc9c(c8)C(C)(C)C(=O)N9C8CCC(=O)NC8=O)CC6)C7)CC5)nc4c3F)c12. The molecular weight excluding hydrogens is 945 g/mol. The molecule has 2 saturated carbocycles. The van der Waals surface area contributed by atoms with Gasteiger partial charge in [0.1, 0.15) is 34.6 Å². The fourth-order valence-electron chi connectivity index (χ4n) is 13.5. The number of β-amino-alcohol motifs (C(OH)–C–C–N with tert-alkyl or cyclic N) is 1. The Labute approximate surface area is 430 Å². The number of pyridine rings is 1. The van der Waals surface area contributed by atoms with Crippen molar-refractivity contribution in [1.29, 1.82) is 0 Å². The molecule has 1 unspecified atom stereocenters. The summed E-state index contributed by atoms with van der Waals surface area (Å²) in [7, 11) is 0. The fraction of sp³-hybridized carbons (Fsp3) is 0.544. The van der Waals surface area contributed by atoms with Crippen molar-refractivity contribution < 1.29 is 38.1 Å². The van der Waals surface area contributed by atoms with Crippen LogP contribution in [0.1, 0.15) is 103 Å². The molecule has 3 N–H and O–H groups in total. The van der Waals surface area contributed by atoms with E-state index in [4.69, 9.17) is 14.7 Å². The normalized spacial score (nSPS) is 24.9. The van der Waals surface area contributed by atoms with Gasteiger partial charge in [-0.1, -0.05) is 13.0 Å². The number of aliphatic hydroxyl groups is 1. The van der Waals surface area contributed by atoms with Crippen LogP contribution in [0.2, 0.25) is 0 Å². The smallest absolute Gasteiger partial charge is 0.319 e. The molecule has 17 heteroatoms. The van der Waals surface area contributed by atoms with Crippen LogP contribution in [-0.4, -0.2) is 136 Å². The van der Waals surface area contributed by atoms with Crippen LogP contribution in [0.15, 0.2) is 48.7 Å². The number of hydrogen-bond acceptors (Lipinski definition) is 13. The number of piperidine rings is 3. The maximum Gasteiger partial charge on any atom is 0.319 e. The number of likely N-dealkylation sites (tertiary alicyclic amines) is 1. The number of carbonyl (C=O) groups excluding carboxylic acids is 3. The Hall–Kier alpha value is -6.04. The van der Waals surface area contributed by atoms with Gasteiger partial charge in [-0.05, 0) is 162 Å². The van der Waals surface area contributed by atoms with Crippen molar-refractivity contribution in [3.8, 4) is 23.0 Å². The number of rotatable bonds is 11. The van der Waals surface area contributed by atoms with Crippen LogP contribution in [0.3, 0.4) is 0 Å². The van der Waals surface area contributed by atoms with E-state index in [-0.39, 0.29) is 52.2 Å². The van der Waals surface area contributed by atoms with E-state index in [1.165, 1.54) is 44.0 Å². The summed E-state index contributed by atoms with van der Waals surface area (Å²) in [5.74, 6) is -1.58. The molecule has 5 aliphatic heterocycles. The van der Waals surface area contributed by atoms with Crippen LogP contribution >= 0.6 is 0 Å². The molecule has 12 rings (SSSR count). The van der Waals surface area contributed by atoms with E-state index in [1.807, 2.05) is 31.7 Å². The third-order valence-electron chi connectivity index (χ3n) is 18.0. The van der Waals surface area contributed by atoms with Crippen molar-refractivity contribution in [3.05, 3.63) is 71.4 Å². The number of aromatic hydroxyl groups is 1. The minimum Gasteiger partial charge on any atom is -0.508 e. The number of fused-ring (bicyclic) bond motifs is 3. The number of amides is 3. The Morgan fingerprint density at radius 3 is 2.36 bits per heavy atom. The first-order chi connectivity index (χ1) is 35.4. The van der Waals surface area contributed by atoms with Crippen molar-refractivity contribution in [3.63, 3.8) is 0 Å². The highest BCUT2D eigenvalue weighted by Gasteiger charge is 2.52. The number of phenolic OH excluding ortho intramolecular Hbond substituents is 1. The van der Waals surface area contributed by atoms with Crippen LogP contribution < -0.4 is 24.8 Å². The molecule has 15 nitrogen and oxygen atoms in total. The topological polar surface area (TPSA) is 168 Å². The number of benzene rings is 3. The number of anilines is 3. The molecule has 3 amide bonds. The molecule has 2 aliphatic carbocycles. The fourth-order valence-corrected chi connectivity index (χ4v) is 13.5. The van der Waals surface area contributed by atoms with E-state index < -0.39 is 34.6 Å². The summed E-state index contributed by atoms with van der Waals surface area (Å²) in [6.07, 6.45) is 10.6. The summed E-state index contributed by atoms with van der Waals surface area (Å²) in [6.45, 7) is 15.6. The van der Waals surface area contributed by atoms with E-state index in [2.05, 4.69) is 37.1 Å². The second kappa shape index (κ2) is 18.1. The van der Waals surface area contributed by atoms with Gasteiger partial charge in [0.05, 0.1) is 23.0 Å². The second-order valence-corrected chi connectivity index (χ2v) is 23.6. The molecule has 6 fully saturated rings. The number of phenols is 1. The van der Waals surface area contributed by atoms with Gasteiger partial charge < -0.3 is 29.6 Å². The quantitative estimate of drug-likeness (QED) is 0.112. The van der Waals surface area contributed by atoms with E-state index >= 15 is 8.78 Å². The third kappa shape index (κ3) is 8.59. The Morgan fingerprint density at radius 2 is 1.65 bits per heavy atom. The van der Waals surface area contributed by atoms with Gasteiger partial charge in [-0.25, -0.2) is 8.78 Å². The highest BCUT2D eigenvalue weighted by molar-refractivity contribution is 6.14. The van der Waals surface area contributed by atoms with Crippen molar-refractivity contribution in [2.75, 3.05) is 80.2 Å². The van der Waals surface area contributed by atoms with E-state index in [0.29, 0.717) is 78.0 Å². The molecule has 7 heterocycles. The number of aryl methyl sites for hydroxylation is 1. The lowest BCUT2D eigenvalue weighted by Gasteiger charge is -2.56. The molecule has 4 saturated heterocycles. The minimum absolute atomic E-state index is 0.0153. The lowest BCUT2D eigenvalue weighted by Crippen LogP contribution is -2.59. The van der Waals surface area contributed by atoms with Gasteiger partial charge in [-0.2, -0.15) is 9.97 Å². The highest BCUT2D eigenvalue weighted by atomic mass is 19.1. The molecule has 0 bridgehead atoms. The average molecular weight is 1010 g/mol. The zero-order valence-corrected chi connectivity index (χ0v) is 43.0. The van der Waals surface area contributed by atoms with Gasteiger partial charge in [-0.15, -0.1) is 0 Å². The summed E-state index contributed by atoms with van der Waals surface area (Å²) in [5, 5.41) is 25.7. The number of aromatic nitrogens is 3. The van der Waals surface area contributed by atoms with Gasteiger partial charge in [0.2, 0.25) is 17.7 Å². The number of imide groups is 1. The van der Waals surface area contributed by atoms with Crippen LogP contribution in [-0.2, 0) is 26.2 Å². The van der Waals surface area contributed by atoms with E-state index in [9.17, 15) is 24.6 Å². The average Bonchev–Trinajstić information content (AvgIpc) is 4.12. The monoisotopic (exact) mass is 1010 g/mol. The number of nitrogens with zero attached hydrogens (tertiary/aromatic N) is 8. The molecule has 1 spiro atoms. The summed E-state index contributed by atoms with van der Waals surface area (Å²) >= 11 is 0. The largest absolute Gasteiger partial charge is 0.508 e. The van der Waals surface area contributed by atoms with Crippen LogP contribution in [0.4, 0.5) is 26.0 Å². The summed E-state index contributed by atoms with van der Waals surface area (Å²) in [5.41, 5.74) is 2.00. The van der Waals surface area contributed by atoms with Gasteiger partial charge in [-0.3, -0.25) is 34.5 Å². The van der Waals surface area contributed by atoms with Gasteiger partial charge >= 0.3 is 6.01 Å². The first-order valence-corrected chi connectivity index (χ1v) is 26.9. The predicted octanol–water partition coefficient (Wildman–Crippen LogP) is 7.40. The summed E-state index contributed by atoms with van der Waals surface area (Å²) in [4.78, 5) is 63.9. The standard InChI is InChI=1S/C57H67F2N9O6/c1-5-38-42(58)9-7-34-25-37(69)27-39(46(34)38)48-47(59)49-40(30-60-48)50(67-18-6-13-55(4,73)31-67)63-53(62-49)74-33-57(14-15-57)32-64-19-16-56(17-20-64)28-36(29-56)66-23-21-65(22-24-66)35-8-10-43-41(26-35)54(2,3)52(72)68(43)44-11-12-45(70)61-51(44)71/h7-10,25-27,30,36,44,69,73H,5-6,11-24,28-29,31-33H2,1-4H3,(H,61,70,71)/t44?,55-/m1/s1. The molecule has 3 aromatic carbocycles. The number of carbonyl (C=O) groups is 3. The molecule has 7 aliphatic rings. The lowest BCUT2D eigenvalue weighted by atomic mass is 9.60. The van der Waals surface area contributed by atoms with Gasteiger partial charge in [0, 0.05) is 86.8 Å². The van der Waals surface area contributed by atoms with Crippen molar-refractivity contribution in [2.24, 2.45) is 10.8 Å². The second-order valence-electron chi connectivity index (χ2n) is 23.6. The molecule has 5 aromatic rings. The van der Waals surface area contributed by atoms with E-state index in [1.54, 1.807) is 24.0 Å². The molecule has 390 valence electrons. The van der Waals surface area contributed by atoms with Crippen LogP contribution in [0.5, 0.6) is 11.8 Å². The maximum absolute atomic E-state index is 17.2. The Bertz CT molecular complexity index is 3100. The van der Waals surface area contributed by atoms with Crippen molar-refractivity contribution >= 4 is 56.6 Å². The molecule has 2 atom stereocenters. The molecular formula is C57H67F2N9O6. The number of halogens is 2. The zero-order valence-electron chi connectivity index (χ0n) is 43.0. The molecule has 2 aromatic heterocycles. The number of nitrogens with one attached hydrogen (secondary N) is 1. The summed E-state index contributed by atoms with van der Waals surface area (Å²) < 4.78 is 38.9. The number of hydrogen-bond donors (Lipinski definition) is 3. The van der Waals surface area contributed by atoms with Crippen LogP contribution in [0, 0.1) is 22.5 Å².